The number of Topliss-reactive ketones (excluding diaryl/α,β-unsaturated/α-hetero) is 2. The summed E-state index contributed by atoms with van der Waals surface area (Å²) in [7, 11) is 0. The number of aliphatic hydroxyl groups is 1. The second-order valence-electron chi connectivity index (χ2n) is 4.78. The van der Waals surface area contributed by atoms with Crippen LogP contribution in [0.25, 0.3) is 0 Å². The molecule has 1 atom stereocenters. The lowest BCUT2D eigenvalue weighted by Crippen LogP contribution is -2.29. The van der Waals surface area contributed by atoms with Gasteiger partial charge in [-0.15, -0.1) is 0 Å². The molecule has 19 heavy (non-hydrogen) atoms. The van der Waals surface area contributed by atoms with Gasteiger partial charge < -0.3 is 15.3 Å². The van der Waals surface area contributed by atoms with Crippen molar-refractivity contribution in [3.05, 3.63) is 34.6 Å². The van der Waals surface area contributed by atoms with Crippen LogP contribution in [0.5, 0.6) is 11.5 Å². The molecule has 5 heteroatoms. The molecular weight excluding hydrogens is 248 g/mol. The number of hydrogen-bond donors (Lipinski definition) is 3. The normalized spacial score (nSPS) is 18.1. The molecule has 0 amide bonds. The fraction of sp³-hybridized carbons (Fsp3) is 0.286. The summed E-state index contributed by atoms with van der Waals surface area (Å²) in [5.74, 6) is -2.87. The quantitative estimate of drug-likeness (QED) is 0.533. The van der Waals surface area contributed by atoms with Crippen molar-refractivity contribution in [1.29, 1.82) is 0 Å². The molecule has 1 unspecified atom stereocenters. The Kier molecular flexibility index (Phi) is 3.06. The monoisotopic (exact) mass is 262 g/mol. The number of ketones is 2. The molecule has 0 saturated carbocycles. The number of carbonyl (C=O) groups is 2. The van der Waals surface area contributed by atoms with Crippen molar-refractivity contribution < 1.29 is 24.9 Å². The van der Waals surface area contributed by atoms with Crippen LogP contribution in [0, 0.1) is 5.92 Å². The number of hydrogen-bond acceptors (Lipinski definition) is 5. The number of aliphatic hydroxyl groups excluding tert-OH is 1. The minimum Gasteiger partial charge on any atom is -0.512 e. The van der Waals surface area contributed by atoms with Crippen molar-refractivity contribution in [2.75, 3.05) is 0 Å². The Balaban J connectivity index is 2.65. The molecule has 2 rings (SSSR count). The van der Waals surface area contributed by atoms with Gasteiger partial charge in [-0.05, 0) is 31.6 Å². The van der Waals surface area contributed by atoms with Crippen LogP contribution in [0.3, 0.4) is 0 Å². The Morgan fingerprint density at radius 3 is 2.16 bits per heavy atom. The van der Waals surface area contributed by atoms with Gasteiger partial charge in [-0.3, -0.25) is 9.59 Å². The summed E-state index contributed by atoms with van der Waals surface area (Å²) in [6.45, 7) is 3.26. The van der Waals surface area contributed by atoms with Crippen molar-refractivity contribution in [3.8, 4) is 11.5 Å². The molecular formula is C14H14O5. The Bertz CT molecular complexity index is 609. The number of rotatable bonds is 1. The van der Waals surface area contributed by atoms with E-state index >= 15 is 0 Å². The van der Waals surface area contributed by atoms with E-state index in [1.54, 1.807) is 13.8 Å². The fourth-order valence-electron chi connectivity index (χ4n) is 2.24. The summed E-state index contributed by atoms with van der Waals surface area (Å²) in [5.41, 5.74) is 0.158. The van der Waals surface area contributed by atoms with Gasteiger partial charge in [-0.2, -0.15) is 0 Å². The molecule has 0 heterocycles. The lowest BCUT2D eigenvalue weighted by molar-refractivity contribution is 0.0809. The second kappa shape index (κ2) is 4.42. The first-order valence-electron chi connectivity index (χ1n) is 5.83. The van der Waals surface area contributed by atoms with Crippen molar-refractivity contribution >= 4 is 11.6 Å². The van der Waals surface area contributed by atoms with Gasteiger partial charge in [-0.1, -0.05) is 0 Å². The smallest absolute Gasteiger partial charge is 0.178 e. The first kappa shape index (κ1) is 13.1. The predicted molar refractivity (Wildman–Crippen MR) is 67.5 cm³/mol. The summed E-state index contributed by atoms with van der Waals surface area (Å²) in [6, 6.07) is 2.32. The molecule has 0 saturated heterocycles. The zero-order chi connectivity index (χ0) is 14.3. The van der Waals surface area contributed by atoms with E-state index < -0.39 is 17.5 Å². The van der Waals surface area contributed by atoms with Gasteiger partial charge in [0.1, 0.15) is 17.3 Å². The molecule has 0 radical (unpaired) electrons. The van der Waals surface area contributed by atoms with Crippen LogP contribution in [0.15, 0.2) is 23.5 Å². The Labute approximate surface area is 109 Å². The summed E-state index contributed by atoms with van der Waals surface area (Å²) in [4.78, 5) is 24.2. The Morgan fingerprint density at radius 2 is 1.63 bits per heavy atom. The molecule has 0 aliphatic heterocycles. The van der Waals surface area contributed by atoms with E-state index in [0.717, 1.165) is 6.07 Å². The average molecular weight is 262 g/mol. The zero-order valence-electron chi connectivity index (χ0n) is 10.6. The molecule has 0 aromatic heterocycles. The molecule has 1 aliphatic rings. The third-order valence-corrected chi connectivity index (χ3v) is 3.23. The van der Waals surface area contributed by atoms with E-state index in [1.807, 2.05) is 0 Å². The SMILES string of the molecule is CC(C)=C(O)C1CC(=O)c2c(O)ccc(O)c2C1=O. The van der Waals surface area contributed by atoms with Crippen LogP contribution in [-0.4, -0.2) is 26.9 Å². The molecule has 100 valence electrons. The van der Waals surface area contributed by atoms with E-state index in [2.05, 4.69) is 0 Å². The number of carbonyl (C=O) groups excluding carboxylic acids is 2. The lowest BCUT2D eigenvalue weighted by atomic mass is 9.79. The number of allylic oxidation sites excluding steroid dienone is 2. The highest BCUT2D eigenvalue weighted by Crippen LogP contribution is 2.38. The molecule has 1 aliphatic carbocycles. The fourth-order valence-corrected chi connectivity index (χ4v) is 2.24. The lowest BCUT2D eigenvalue weighted by Gasteiger charge is -2.23. The van der Waals surface area contributed by atoms with Crippen LogP contribution in [0.1, 0.15) is 41.0 Å². The predicted octanol–water partition coefficient (Wildman–Crippen LogP) is 2.34. The highest BCUT2D eigenvalue weighted by Gasteiger charge is 2.38. The Morgan fingerprint density at radius 1 is 1.11 bits per heavy atom. The number of fused-ring (bicyclic) bond motifs is 1. The van der Waals surface area contributed by atoms with Gasteiger partial charge in [0, 0.05) is 6.42 Å². The van der Waals surface area contributed by atoms with Gasteiger partial charge in [0.15, 0.2) is 11.6 Å². The topological polar surface area (TPSA) is 94.8 Å². The molecule has 0 bridgehead atoms. The van der Waals surface area contributed by atoms with Crippen molar-refractivity contribution in [2.24, 2.45) is 5.92 Å². The Hall–Kier alpha value is -2.30. The van der Waals surface area contributed by atoms with Crippen molar-refractivity contribution in [1.82, 2.24) is 0 Å². The largest absolute Gasteiger partial charge is 0.512 e. The highest BCUT2D eigenvalue weighted by molar-refractivity contribution is 6.18. The minimum atomic E-state index is -0.988. The third-order valence-electron chi connectivity index (χ3n) is 3.23. The summed E-state index contributed by atoms with van der Waals surface area (Å²) >= 11 is 0. The average Bonchev–Trinajstić information content (AvgIpc) is 2.35. The van der Waals surface area contributed by atoms with Crippen LogP contribution >= 0.6 is 0 Å². The molecule has 1 aromatic rings. The molecule has 3 N–H and O–H groups in total. The number of phenolic OH excluding ortho intramolecular Hbond substituents is 2. The van der Waals surface area contributed by atoms with E-state index in [1.165, 1.54) is 6.07 Å². The van der Waals surface area contributed by atoms with Crippen LogP contribution in [0.2, 0.25) is 0 Å². The molecule has 0 fully saturated rings. The van der Waals surface area contributed by atoms with Gasteiger partial charge >= 0.3 is 0 Å². The molecule has 1 aromatic carbocycles. The first-order chi connectivity index (χ1) is 8.84. The number of aromatic hydroxyl groups is 2. The van der Waals surface area contributed by atoms with Gasteiger partial charge in [0.05, 0.1) is 17.0 Å². The second-order valence-corrected chi connectivity index (χ2v) is 4.78. The first-order valence-corrected chi connectivity index (χ1v) is 5.83. The van der Waals surface area contributed by atoms with Gasteiger partial charge in [-0.25, -0.2) is 0 Å². The van der Waals surface area contributed by atoms with Crippen molar-refractivity contribution in [2.45, 2.75) is 20.3 Å². The molecule has 0 spiro atoms. The highest BCUT2D eigenvalue weighted by atomic mass is 16.3. The van der Waals surface area contributed by atoms with Crippen LogP contribution in [0.4, 0.5) is 0 Å². The maximum absolute atomic E-state index is 12.3. The molecule has 5 nitrogen and oxygen atoms in total. The summed E-state index contributed by atoms with van der Waals surface area (Å²) in [6.07, 6.45) is -0.208. The summed E-state index contributed by atoms with van der Waals surface area (Å²) < 4.78 is 0. The van der Waals surface area contributed by atoms with E-state index in [-0.39, 0.29) is 34.8 Å². The minimum absolute atomic E-state index is 0.160. The van der Waals surface area contributed by atoms with E-state index in [0.29, 0.717) is 5.57 Å². The number of phenols is 2. The van der Waals surface area contributed by atoms with Gasteiger partial charge in [0.25, 0.3) is 0 Å². The summed E-state index contributed by atoms with van der Waals surface area (Å²) in [5, 5.41) is 29.3. The maximum Gasteiger partial charge on any atom is 0.178 e. The number of benzene rings is 1. The van der Waals surface area contributed by atoms with Crippen LogP contribution in [-0.2, 0) is 0 Å². The van der Waals surface area contributed by atoms with Crippen LogP contribution < -0.4 is 0 Å². The van der Waals surface area contributed by atoms with E-state index in [9.17, 15) is 24.9 Å². The zero-order valence-corrected chi connectivity index (χ0v) is 10.6. The van der Waals surface area contributed by atoms with E-state index in [4.69, 9.17) is 0 Å². The van der Waals surface area contributed by atoms with Gasteiger partial charge in [0.2, 0.25) is 0 Å². The van der Waals surface area contributed by atoms with Crippen molar-refractivity contribution in [3.63, 3.8) is 0 Å². The third kappa shape index (κ3) is 1.97. The standard InChI is InChI=1S/C14H14O5/c1-6(2)13(18)7-5-10(17)11-8(15)3-4-9(16)12(11)14(7)19/h3-4,7,15-16,18H,5H2,1-2H3. The maximum atomic E-state index is 12.3.